The highest BCUT2D eigenvalue weighted by Gasteiger charge is 2.18. The second-order valence-electron chi connectivity index (χ2n) is 6.89. The predicted molar refractivity (Wildman–Crippen MR) is 105 cm³/mol. The van der Waals surface area contributed by atoms with Crippen LogP contribution in [0.2, 0.25) is 0 Å². The van der Waals surface area contributed by atoms with E-state index in [1.807, 2.05) is 41.3 Å². The first-order chi connectivity index (χ1) is 12.7. The molecule has 2 aromatic rings. The number of aryl methyl sites for hydroxylation is 1. The average Bonchev–Trinajstić information content (AvgIpc) is 2.68. The highest BCUT2D eigenvalue weighted by atomic mass is 16.5. The van der Waals surface area contributed by atoms with E-state index in [4.69, 9.17) is 4.74 Å². The molecule has 3 rings (SSSR count). The zero-order valence-electron chi connectivity index (χ0n) is 15.5. The summed E-state index contributed by atoms with van der Waals surface area (Å²) >= 11 is 0. The molecule has 4 heteroatoms. The Bertz CT molecular complexity index is 724. The number of likely N-dealkylation sites (tertiary alicyclic amines) is 1. The summed E-state index contributed by atoms with van der Waals surface area (Å²) in [6.45, 7) is 5.95. The van der Waals surface area contributed by atoms with E-state index < -0.39 is 0 Å². The standard InChI is InChI=1S/C22H28N2O2/c1-18-7-5-10-21(15-18)26-14-11-23-17-19-8-6-9-20(16-19)22(25)24-12-3-2-4-13-24/h5-10,15-16,23H,2-4,11-14,17H2,1H3. The number of nitrogens with one attached hydrogen (secondary N) is 1. The van der Waals surface area contributed by atoms with Crippen molar-refractivity contribution in [2.24, 2.45) is 0 Å². The van der Waals surface area contributed by atoms with E-state index in [0.29, 0.717) is 6.61 Å². The molecule has 0 bridgehead atoms. The first-order valence-corrected chi connectivity index (χ1v) is 9.51. The molecule has 1 N–H and O–H groups in total. The number of carbonyl (C=O) groups is 1. The Kier molecular flexibility index (Phi) is 6.67. The lowest BCUT2D eigenvalue weighted by molar-refractivity contribution is 0.0724. The van der Waals surface area contributed by atoms with Crippen LogP contribution in [0.15, 0.2) is 48.5 Å². The van der Waals surface area contributed by atoms with E-state index in [0.717, 1.165) is 55.9 Å². The van der Waals surface area contributed by atoms with Crippen molar-refractivity contribution >= 4 is 5.91 Å². The predicted octanol–water partition coefficient (Wildman–Crippen LogP) is 3.79. The highest BCUT2D eigenvalue weighted by Crippen LogP contribution is 2.14. The summed E-state index contributed by atoms with van der Waals surface area (Å²) in [6.07, 6.45) is 3.47. The van der Waals surface area contributed by atoms with E-state index in [1.54, 1.807) is 0 Å². The summed E-state index contributed by atoms with van der Waals surface area (Å²) in [5.41, 5.74) is 3.12. The zero-order chi connectivity index (χ0) is 18.2. The topological polar surface area (TPSA) is 41.6 Å². The van der Waals surface area contributed by atoms with Crippen molar-refractivity contribution in [3.8, 4) is 5.75 Å². The van der Waals surface area contributed by atoms with Crippen molar-refractivity contribution in [3.63, 3.8) is 0 Å². The molecule has 0 atom stereocenters. The summed E-state index contributed by atoms with van der Waals surface area (Å²) < 4.78 is 5.74. The SMILES string of the molecule is Cc1cccc(OCCNCc2cccc(C(=O)N3CCCCC3)c2)c1. The molecular weight excluding hydrogens is 324 g/mol. The van der Waals surface area contributed by atoms with E-state index >= 15 is 0 Å². The molecule has 1 fully saturated rings. The summed E-state index contributed by atoms with van der Waals surface area (Å²) in [5, 5.41) is 3.38. The second kappa shape index (κ2) is 9.39. The number of nitrogens with zero attached hydrogens (tertiary/aromatic N) is 1. The lowest BCUT2D eigenvalue weighted by Crippen LogP contribution is -2.35. The normalized spacial score (nSPS) is 14.3. The van der Waals surface area contributed by atoms with Crippen LogP contribution in [0.5, 0.6) is 5.75 Å². The summed E-state index contributed by atoms with van der Waals surface area (Å²) in [5.74, 6) is 1.07. The number of ether oxygens (including phenoxy) is 1. The lowest BCUT2D eigenvalue weighted by Gasteiger charge is -2.26. The van der Waals surface area contributed by atoms with Gasteiger partial charge in [-0.1, -0.05) is 24.3 Å². The number of hydrogen-bond acceptors (Lipinski definition) is 3. The van der Waals surface area contributed by atoms with Gasteiger partial charge in [0, 0.05) is 31.7 Å². The third kappa shape index (κ3) is 5.33. The molecular formula is C22H28N2O2. The minimum atomic E-state index is 0.161. The summed E-state index contributed by atoms with van der Waals surface area (Å²) in [4.78, 5) is 14.6. The van der Waals surface area contributed by atoms with Gasteiger partial charge < -0.3 is 15.0 Å². The Morgan fingerprint density at radius 2 is 1.88 bits per heavy atom. The lowest BCUT2D eigenvalue weighted by atomic mass is 10.1. The first kappa shape index (κ1) is 18.5. The number of amides is 1. The Balaban J connectivity index is 1.44. The number of piperidine rings is 1. The molecule has 0 saturated carbocycles. The molecule has 1 saturated heterocycles. The number of benzene rings is 2. The molecule has 138 valence electrons. The third-order valence-electron chi connectivity index (χ3n) is 4.68. The van der Waals surface area contributed by atoms with Crippen molar-refractivity contribution < 1.29 is 9.53 Å². The van der Waals surface area contributed by atoms with Gasteiger partial charge in [0.25, 0.3) is 5.91 Å². The van der Waals surface area contributed by atoms with Crippen LogP contribution >= 0.6 is 0 Å². The van der Waals surface area contributed by atoms with Crippen LogP contribution in [0.3, 0.4) is 0 Å². The van der Waals surface area contributed by atoms with Gasteiger partial charge >= 0.3 is 0 Å². The number of carbonyl (C=O) groups excluding carboxylic acids is 1. The van der Waals surface area contributed by atoms with Crippen LogP contribution in [-0.2, 0) is 6.54 Å². The van der Waals surface area contributed by atoms with Gasteiger partial charge in [-0.3, -0.25) is 4.79 Å². The molecule has 1 aliphatic rings. The van der Waals surface area contributed by atoms with Crippen LogP contribution in [-0.4, -0.2) is 37.0 Å². The molecule has 1 amide bonds. The maximum absolute atomic E-state index is 12.6. The zero-order valence-corrected chi connectivity index (χ0v) is 15.5. The third-order valence-corrected chi connectivity index (χ3v) is 4.68. The van der Waals surface area contributed by atoms with Gasteiger partial charge in [0.1, 0.15) is 12.4 Å². The monoisotopic (exact) mass is 352 g/mol. The Morgan fingerprint density at radius 1 is 1.08 bits per heavy atom. The molecule has 0 unspecified atom stereocenters. The van der Waals surface area contributed by atoms with Gasteiger partial charge in [-0.05, 0) is 61.6 Å². The van der Waals surface area contributed by atoms with Crippen LogP contribution in [0.25, 0.3) is 0 Å². The smallest absolute Gasteiger partial charge is 0.253 e. The first-order valence-electron chi connectivity index (χ1n) is 9.51. The van der Waals surface area contributed by atoms with Gasteiger partial charge in [-0.15, -0.1) is 0 Å². The van der Waals surface area contributed by atoms with Gasteiger partial charge in [-0.2, -0.15) is 0 Å². The maximum Gasteiger partial charge on any atom is 0.253 e. The summed E-state index contributed by atoms with van der Waals surface area (Å²) in [7, 11) is 0. The fourth-order valence-electron chi connectivity index (χ4n) is 3.27. The number of hydrogen-bond donors (Lipinski definition) is 1. The van der Waals surface area contributed by atoms with Crippen molar-refractivity contribution in [3.05, 3.63) is 65.2 Å². The van der Waals surface area contributed by atoms with Gasteiger partial charge in [0.2, 0.25) is 0 Å². The van der Waals surface area contributed by atoms with Crippen molar-refractivity contribution in [1.29, 1.82) is 0 Å². The van der Waals surface area contributed by atoms with Crippen molar-refractivity contribution in [2.45, 2.75) is 32.7 Å². The quantitative estimate of drug-likeness (QED) is 0.771. The second-order valence-corrected chi connectivity index (χ2v) is 6.89. The minimum absolute atomic E-state index is 0.161. The highest BCUT2D eigenvalue weighted by molar-refractivity contribution is 5.94. The molecule has 0 spiro atoms. The van der Waals surface area contributed by atoms with E-state index in [9.17, 15) is 4.79 Å². The number of rotatable bonds is 7. The van der Waals surface area contributed by atoms with Gasteiger partial charge in [0.05, 0.1) is 0 Å². The molecule has 0 aliphatic carbocycles. The Labute approximate surface area is 156 Å². The van der Waals surface area contributed by atoms with Crippen LogP contribution < -0.4 is 10.1 Å². The molecule has 26 heavy (non-hydrogen) atoms. The minimum Gasteiger partial charge on any atom is -0.492 e. The molecule has 1 heterocycles. The van der Waals surface area contributed by atoms with Crippen molar-refractivity contribution in [2.75, 3.05) is 26.2 Å². The van der Waals surface area contributed by atoms with Crippen LogP contribution in [0.1, 0.15) is 40.7 Å². The fraction of sp³-hybridized carbons (Fsp3) is 0.409. The Hall–Kier alpha value is -2.33. The van der Waals surface area contributed by atoms with Gasteiger partial charge in [0.15, 0.2) is 0 Å². The van der Waals surface area contributed by atoms with Crippen LogP contribution in [0.4, 0.5) is 0 Å². The summed E-state index contributed by atoms with van der Waals surface area (Å²) in [6, 6.07) is 16.0. The van der Waals surface area contributed by atoms with Gasteiger partial charge in [-0.25, -0.2) is 0 Å². The molecule has 0 radical (unpaired) electrons. The van der Waals surface area contributed by atoms with Crippen molar-refractivity contribution in [1.82, 2.24) is 10.2 Å². The average molecular weight is 352 g/mol. The van der Waals surface area contributed by atoms with E-state index in [-0.39, 0.29) is 5.91 Å². The van der Waals surface area contributed by atoms with E-state index in [2.05, 4.69) is 24.4 Å². The Morgan fingerprint density at radius 3 is 2.69 bits per heavy atom. The van der Waals surface area contributed by atoms with Crippen LogP contribution in [0, 0.1) is 6.92 Å². The molecule has 0 aromatic heterocycles. The van der Waals surface area contributed by atoms with E-state index in [1.165, 1.54) is 12.0 Å². The maximum atomic E-state index is 12.6. The molecule has 1 aliphatic heterocycles. The largest absolute Gasteiger partial charge is 0.492 e. The fourth-order valence-corrected chi connectivity index (χ4v) is 3.27. The molecule has 4 nitrogen and oxygen atoms in total. The molecule has 2 aromatic carbocycles.